The Morgan fingerprint density at radius 1 is 1.17 bits per heavy atom. The van der Waals surface area contributed by atoms with Gasteiger partial charge >= 0.3 is 6.03 Å². The molecule has 3 aromatic rings. The average Bonchev–Trinajstić information content (AvgIpc) is 3.31. The van der Waals surface area contributed by atoms with Gasteiger partial charge in [0.2, 0.25) is 0 Å². The highest BCUT2D eigenvalue weighted by atomic mass is 32.1. The lowest BCUT2D eigenvalue weighted by Gasteiger charge is -2.17. The second-order valence-corrected chi connectivity index (χ2v) is 8.39. The van der Waals surface area contributed by atoms with Crippen molar-refractivity contribution in [1.82, 2.24) is 9.88 Å². The molecular weight excluding hydrogens is 401 g/mol. The summed E-state index contributed by atoms with van der Waals surface area (Å²) in [5.74, 6) is -0.203. The summed E-state index contributed by atoms with van der Waals surface area (Å²) in [6, 6.07) is 11.9. The summed E-state index contributed by atoms with van der Waals surface area (Å²) in [5, 5.41) is 0.795. The number of nitrogens with zero attached hydrogens (tertiary/aromatic N) is 3. The monoisotopic (exact) mass is 423 g/mol. The van der Waals surface area contributed by atoms with Gasteiger partial charge in [-0.1, -0.05) is 18.2 Å². The molecule has 1 aliphatic heterocycles. The molecule has 5 nitrogen and oxygen atoms in total. The van der Waals surface area contributed by atoms with Gasteiger partial charge in [0.05, 0.1) is 9.88 Å². The Hall–Kier alpha value is -3.06. The minimum absolute atomic E-state index is 0.0856. The van der Waals surface area contributed by atoms with E-state index in [0.29, 0.717) is 37.4 Å². The Balaban J connectivity index is 1.41. The number of halogens is 1. The minimum atomic E-state index is -0.289. The molecule has 0 N–H and O–H groups in total. The molecule has 0 saturated carbocycles. The first-order valence-corrected chi connectivity index (χ1v) is 10.7. The zero-order valence-corrected chi connectivity index (χ0v) is 17.5. The fourth-order valence-electron chi connectivity index (χ4n) is 3.54. The number of aryl methyl sites for hydroxylation is 2. The van der Waals surface area contributed by atoms with Crippen molar-refractivity contribution in [3.05, 3.63) is 82.2 Å². The van der Waals surface area contributed by atoms with Crippen molar-refractivity contribution in [2.75, 3.05) is 18.0 Å². The maximum atomic E-state index is 13.1. The van der Waals surface area contributed by atoms with Gasteiger partial charge in [0, 0.05) is 38.4 Å². The van der Waals surface area contributed by atoms with E-state index in [4.69, 9.17) is 0 Å². The lowest BCUT2D eigenvalue weighted by atomic mass is 10.1. The molecule has 1 aliphatic rings. The number of aromatic nitrogens is 1. The van der Waals surface area contributed by atoms with E-state index < -0.39 is 0 Å². The molecular formula is C23H22FN3O2S. The number of hydrogen-bond donors (Lipinski definition) is 0. The number of rotatable bonds is 7. The van der Waals surface area contributed by atoms with Crippen LogP contribution in [0.25, 0.3) is 0 Å². The number of Topliss-reactive ketones (excluding diaryl/α,β-unsaturated/α-hetero) is 1. The number of urea groups is 1. The van der Waals surface area contributed by atoms with Crippen molar-refractivity contribution in [1.29, 1.82) is 0 Å². The summed E-state index contributed by atoms with van der Waals surface area (Å²) < 4.78 is 13.1. The highest BCUT2D eigenvalue weighted by Crippen LogP contribution is 2.33. The third kappa shape index (κ3) is 4.41. The van der Waals surface area contributed by atoms with Gasteiger partial charge in [-0.25, -0.2) is 9.18 Å². The van der Waals surface area contributed by atoms with Crippen LogP contribution in [-0.2, 0) is 13.0 Å². The quantitative estimate of drug-likeness (QED) is 0.511. The number of thiophene rings is 1. The normalized spacial score (nSPS) is 13.9. The Labute approximate surface area is 178 Å². The largest absolute Gasteiger partial charge is 0.325 e. The number of amides is 2. The number of carbonyl (C=O) groups excluding carboxylic acids is 2. The van der Waals surface area contributed by atoms with Crippen LogP contribution in [-0.4, -0.2) is 34.8 Å². The van der Waals surface area contributed by atoms with Crippen molar-refractivity contribution in [2.24, 2.45) is 0 Å². The van der Waals surface area contributed by atoms with Crippen LogP contribution in [0.2, 0.25) is 0 Å². The molecule has 2 aromatic heterocycles. The molecule has 0 spiro atoms. The minimum Gasteiger partial charge on any atom is -0.318 e. The first kappa shape index (κ1) is 20.2. The SMILES string of the molecule is Cc1cc(N2CCN(Cc3ccc(F)cc3)C2=O)sc1C(=O)CCc1cccnc1. The highest BCUT2D eigenvalue weighted by molar-refractivity contribution is 7.18. The highest BCUT2D eigenvalue weighted by Gasteiger charge is 2.31. The van der Waals surface area contributed by atoms with Crippen molar-refractivity contribution < 1.29 is 14.0 Å². The van der Waals surface area contributed by atoms with Crippen LogP contribution in [0.3, 0.4) is 0 Å². The lowest BCUT2D eigenvalue weighted by molar-refractivity contribution is 0.0986. The summed E-state index contributed by atoms with van der Waals surface area (Å²) in [6.45, 7) is 3.52. The van der Waals surface area contributed by atoms with Crippen LogP contribution in [0.4, 0.5) is 14.2 Å². The van der Waals surface area contributed by atoms with Gasteiger partial charge in [-0.05, 0) is 54.3 Å². The Bertz CT molecular complexity index is 1050. The summed E-state index contributed by atoms with van der Waals surface area (Å²) in [6.07, 6.45) is 4.55. The third-order valence-electron chi connectivity index (χ3n) is 5.17. The molecule has 0 aliphatic carbocycles. The number of ketones is 1. The second-order valence-electron chi connectivity index (χ2n) is 7.36. The molecule has 1 fully saturated rings. The molecule has 2 amide bonds. The van der Waals surface area contributed by atoms with E-state index in [2.05, 4.69) is 4.98 Å². The number of hydrogen-bond acceptors (Lipinski definition) is 4. The van der Waals surface area contributed by atoms with Crippen LogP contribution in [0, 0.1) is 12.7 Å². The molecule has 1 saturated heterocycles. The molecule has 1 aromatic carbocycles. The maximum Gasteiger partial charge on any atom is 0.325 e. The van der Waals surface area contributed by atoms with Crippen LogP contribution >= 0.6 is 11.3 Å². The van der Waals surface area contributed by atoms with Crippen molar-refractivity contribution in [2.45, 2.75) is 26.3 Å². The second kappa shape index (κ2) is 8.75. The van der Waals surface area contributed by atoms with Gasteiger partial charge in [0.15, 0.2) is 5.78 Å². The summed E-state index contributed by atoms with van der Waals surface area (Å²) >= 11 is 1.38. The van der Waals surface area contributed by atoms with Crippen LogP contribution < -0.4 is 4.90 Å². The number of pyridine rings is 1. The fourth-order valence-corrected chi connectivity index (χ4v) is 4.70. The number of carbonyl (C=O) groups is 2. The van der Waals surface area contributed by atoms with Gasteiger partial charge < -0.3 is 4.90 Å². The first-order valence-electron chi connectivity index (χ1n) is 9.84. The van der Waals surface area contributed by atoms with Crippen molar-refractivity contribution >= 4 is 28.2 Å². The smallest absolute Gasteiger partial charge is 0.318 e. The molecule has 154 valence electrons. The summed E-state index contributed by atoms with van der Waals surface area (Å²) in [7, 11) is 0. The Kier molecular flexibility index (Phi) is 5.90. The van der Waals surface area contributed by atoms with Crippen molar-refractivity contribution in [3.8, 4) is 0 Å². The maximum absolute atomic E-state index is 13.1. The number of benzene rings is 1. The van der Waals surface area contributed by atoms with E-state index in [-0.39, 0.29) is 17.6 Å². The standard InChI is InChI=1S/C23H22FN3O2S/c1-16-13-21(30-22(16)20(28)9-6-17-3-2-10-25-14-17)27-12-11-26(23(27)29)15-18-4-7-19(24)8-5-18/h2-5,7-8,10,13-14H,6,9,11-12,15H2,1H3. The molecule has 30 heavy (non-hydrogen) atoms. The average molecular weight is 424 g/mol. The first-order chi connectivity index (χ1) is 14.5. The van der Waals surface area contributed by atoms with Gasteiger partial charge in [0.1, 0.15) is 5.82 Å². The fraction of sp³-hybridized carbons (Fsp3) is 0.261. The number of anilines is 1. The Morgan fingerprint density at radius 3 is 2.70 bits per heavy atom. The van der Waals surface area contributed by atoms with Gasteiger partial charge in [-0.15, -0.1) is 11.3 Å². The summed E-state index contributed by atoms with van der Waals surface area (Å²) in [5.41, 5.74) is 2.82. The van der Waals surface area contributed by atoms with Crippen LogP contribution in [0.15, 0.2) is 54.9 Å². The van der Waals surface area contributed by atoms with E-state index in [1.807, 2.05) is 25.1 Å². The van der Waals surface area contributed by atoms with Crippen LogP contribution in [0.1, 0.15) is 32.8 Å². The third-order valence-corrected chi connectivity index (χ3v) is 6.47. The van der Waals surface area contributed by atoms with E-state index >= 15 is 0 Å². The Morgan fingerprint density at radius 2 is 1.97 bits per heavy atom. The lowest BCUT2D eigenvalue weighted by Crippen LogP contribution is -2.30. The zero-order valence-electron chi connectivity index (χ0n) is 16.7. The van der Waals surface area contributed by atoms with E-state index in [1.54, 1.807) is 34.3 Å². The molecule has 0 radical (unpaired) electrons. The van der Waals surface area contributed by atoms with Gasteiger partial charge in [0.25, 0.3) is 0 Å². The van der Waals surface area contributed by atoms with E-state index in [9.17, 15) is 14.0 Å². The van der Waals surface area contributed by atoms with Gasteiger partial charge in [-0.2, -0.15) is 0 Å². The zero-order chi connectivity index (χ0) is 21.1. The molecule has 7 heteroatoms. The van der Waals surface area contributed by atoms with Gasteiger partial charge in [-0.3, -0.25) is 14.7 Å². The predicted octanol–water partition coefficient (Wildman–Crippen LogP) is 4.85. The molecule has 3 heterocycles. The molecule has 0 unspecified atom stereocenters. The van der Waals surface area contributed by atoms with E-state index in [1.165, 1.54) is 23.5 Å². The van der Waals surface area contributed by atoms with Crippen molar-refractivity contribution in [3.63, 3.8) is 0 Å². The van der Waals surface area contributed by atoms with E-state index in [0.717, 1.165) is 21.7 Å². The van der Waals surface area contributed by atoms with Crippen LogP contribution in [0.5, 0.6) is 0 Å². The molecule has 4 rings (SSSR count). The molecule has 0 atom stereocenters. The summed E-state index contributed by atoms with van der Waals surface area (Å²) in [4.78, 5) is 33.9. The predicted molar refractivity (Wildman–Crippen MR) is 115 cm³/mol. The molecule has 0 bridgehead atoms. The topological polar surface area (TPSA) is 53.5 Å².